The fourth-order valence-corrected chi connectivity index (χ4v) is 2.09. The molecule has 0 saturated carbocycles. The average molecular weight is 274 g/mol. The summed E-state index contributed by atoms with van der Waals surface area (Å²) in [6, 6.07) is 6.87. The molecule has 0 bridgehead atoms. The van der Waals surface area contributed by atoms with Crippen molar-refractivity contribution in [1.29, 1.82) is 0 Å². The van der Waals surface area contributed by atoms with E-state index in [-0.39, 0.29) is 10.6 Å². The summed E-state index contributed by atoms with van der Waals surface area (Å²) < 4.78 is 2.03. The predicted molar refractivity (Wildman–Crippen MR) is 76.4 cm³/mol. The predicted octanol–water partition coefficient (Wildman–Crippen LogP) is 2.14. The maximum atomic E-state index is 11.0. The van der Waals surface area contributed by atoms with Crippen LogP contribution < -0.4 is 5.32 Å². The van der Waals surface area contributed by atoms with Crippen molar-refractivity contribution in [1.82, 2.24) is 14.9 Å². The molecule has 1 N–H and O–H groups in total. The van der Waals surface area contributed by atoms with Gasteiger partial charge in [0.25, 0.3) is 5.69 Å². The van der Waals surface area contributed by atoms with Gasteiger partial charge in [-0.1, -0.05) is 25.1 Å². The van der Waals surface area contributed by atoms with Crippen LogP contribution in [0.25, 0.3) is 0 Å². The molecule has 2 aromatic rings. The third-order valence-electron chi connectivity index (χ3n) is 3.15. The summed E-state index contributed by atoms with van der Waals surface area (Å²) in [6.07, 6.45) is 4.28. The first kappa shape index (κ1) is 14.2. The lowest BCUT2D eigenvalue weighted by Crippen LogP contribution is -2.17. The molecule has 1 aromatic heterocycles. The Morgan fingerprint density at radius 3 is 2.95 bits per heavy atom. The molecule has 0 radical (unpaired) electrons. The van der Waals surface area contributed by atoms with Gasteiger partial charge in [0, 0.05) is 30.6 Å². The minimum atomic E-state index is -0.331. The summed E-state index contributed by atoms with van der Waals surface area (Å²) >= 11 is 0. The Morgan fingerprint density at radius 2 is 2.20 bits per heavy atom. The van der Waals surface area contributed by atoms with Gasteiger partial charge in [-0.3, -0.25) is 10.1 Å². The zero-order valence-electron chi connectivity index (χ0n) is 11.5. The molecule has 20 heavy (non-hydrogen) atoms. The second-order valence-electron chi connectivity index (χ2n) is 4.45. The van der Waals surface area contributed by atoms with Gasteiger partial charge in [0.05, 0.1) is 11.5 Å². The van der Waals surface area contributed by atoms with Crippen LogP contribution in [0.5, 0.6) is 0 Å². The molecule has 2 rings (SSSR count). The average Bonchev–Trinajstić information content (AvgIpc) is 2.90. The van der Waals surface area contributed by atoms with Gasteiger partial charge < -0.3 is 9.88 Å². The number of hydrogen-bond acceptors (Lipinski definition) is 4. The highest BCUT2D eigenvalue weighted by Crippen LogP contribution is 2.18. The zero-order chi connectivity index (χ0) is 14.4. The number of nitrogens with one attached hydrogen (secondary N) is 1. The molecule has 0 atom stereocenters. The second kappa shape index (κ2) is 6.81. The third kappa shape index (κ3) is 3.42. The number of aryl methyl sites for hydroxylation is 2. The molecule has 1 heterocycles. The molecule has 6 heteroatoms. The van der Waals surface area contributed by atoms with E-state index in [2.05, 4.69) is 10.3 Å². The number of imidazole rings is 1. The lowest BCUT2D eigenvalue weighted by Gasteiger charge is -2.08. The number of nitro benzene ring substituents is 1. The lowest BCUT2D eigenvalue weighted by molar-refractivity contribution is -0.385. The molecule has 0 amide bonds. The number of aromatic nitrogens is 2. The Hall–Kier alpha value is -2.21. The molecule has 0 spiro atoms. The largest absolute Gasteiger partial charge is 0.334 e. The number of nitro groups is 1. The van der Waals surface area contributed by atoms with E-state index in [9.17, 15) is 10.1 Å². The van der Waals surface area contributed by atoms with Crippen LogP contribution in [0.3, 0.4) is 0 Å². The van der Waals surface area contributed by atoms with Gasteiger partial charge in [0.1, 0.15) is 5.82 Å². The molecule has 1 aromatic carbocycles. The number of hydrogen-bond donors (Lipinski definition) is 1. The van der Waals surface area contributed by atoms with Crippen LogP contribution in [0.15, 0.2) is 36.7 Å². The molecule has 0 aliphatic heterocycles. The standard InChI is InChI=1S/C14H18N4O2/c1-2-15-11-14-16-8-10-17(14)9-7-12-5-3-4-6-13(12)18(19)20/h3-6,8,10,15H,2,7,9,11H2,1H3. The van der Waals surface area contributed by atoms with Gasteiger partial charge in [-0.2, -0.15) is 0 Å². The Bertz CT molecular complexity index is 580. The summed E-state index contributed by atoms with van der Waals surface area (Å²) in [5.74, 6) is 0.949. The Balaban J connectivity index is 2.06. The van der Waals surface area contributed by atoms with Gasteiger partial charge in [-0.15, -0.1) is 0 Å². The summed E-state index contributed by atoms with van der Waals surface area (Å²) in [5.41, 5.74) is 0.932. The van der Waals surface area contributed by atoms with Gasteiger partial charge in [-0.05, 0) is 13.0 Å². The van der Waals surface area contributed by atoms with Gasteiger partial charge in [0.15, 0.2) is 0 Å². The van der Waals surface area contributed by atoms with Crippen molar-refractivity contribution in [3.8, 4) is 0 Å². The minimum absolute atomic E-state index is 0.181. The summed E-state index contributed by atoms with van der Waals surface area (Å²) in [7, 11) is 0. The van der Waals surface area contributed by atoms with E-state index in [0.717, 1.165) is 17.9 Å². The molecule has 0 aliphatic rings. The SMILES string of the molecule is CCNCc1nccn1CCc1ccccc1[N+](=O)[O-]. The molecule has 106 valence electrons. The molecule has 6 nitrogen and oxygen atoms in total. The molecule has 0 fully saturated rings. The molecule has 0 saturated heterocycles. The lowest BCUT2D eigenvalue weighted by atomic mass is 10.1. The minimum Gasteiger partial charge on any atom is -0.334 e. The normalized spacial score (nSPS) is 10.7. The molecular weight excluding hydrogens is 256 g/mol. The van der Waals surface area contributed by atoms with Crippen LogP contribution in [0, 0.1) is 10.1 Å². The first-order valence-corrected chi connectivity index (χ1v) is 6.65. The van der Waals surface area contributed by atoms with E-state index in [1.54, 1.807) is 24.4 Å². The monoisotopic (exact) mass is 274 g/mol. The Kier molecular flexibility index (Phi) is 4.84. The fourth-order valence-electron chi connectivity index (χ4n) is 2.09. The van der Waals surface area contributed by atoms with Crippen LogP contribution in [-0.2, 0) is 19.5 Å². The molecule has 0 aliphatic carbocycles. The maximum Gasteiger partial charge on any atom is 0.272 e. The highest BCUT2D eigenvalue weighted by Gasteiger charge is 2.12. The van der Waals surface area contributed by atoms with Crippen molar-refractivity contribution in [3.63, 3.8) is 0 Å². The van der Waals surface area contributed by atoms with E-state index >= 15 is 0 Å². The van der Waals surface area contributed by atoms with Crippen molar-refractivity contribution in [2.75, 3.05) is 6.54 Å². The smallest absolute Gasteiger partial charge is 0.272 e. The van der Waals surface area contributed by atoms with Crippen LogP contribution >= 0.6 is 0 Å². The summed E-state index contributed by atoms with van der Waals surface area (Å²) in [5, 5.41) is 14.2. The van der Waals surface area contributed by atoms with Crippen LogP contribution in [-0.4, -0.2) is 21.0 Å². The molecular formula is C14H18N4O2. The van der Waals surface area contributed by atoms with E-state index < -0.39 is 0 Å². The van der Waals surface area contributed by atoms with E-state index in [1.165, 1.54) is 0 Å². The maximum absolute atomic E-state index is 11.0. The van der Waals surface area contributed by atoms with Crippen LogP contribution in [0.4, 0.5) is 5.69 Å². The van der Waals surface area contributed by atoms with Crippen molar-refractivity contribution >= 4 is 5.69 Å². The van der Waals surface area contributed by atoms with E-state index in [0.29, 0.717) is 19.5 Å². The quantitative estimate of drug-likeness (QED) is 0.620. The van der Waals surface area contributed by atoms with Crippen LogP contribution in [0.1, 0.15) is 18.3 Å². The second-order valence-corrected chi connectivity index (χ2v) is 4.45. The molecule has 0 unspecified atom stereocenters. The number of benzene rings is 1. The Labute approximate surface area is 117 Å². The highest BCUT2D eigenvalue weighted by molar-refractivity contribution is 5.39. The fraction of sp³-hybridized carbons (Fsp3) is 0.357. The van der Waals surface area contributed by atoms with Crippen molar-refractivity contribution in [2.24, 2.45) is 0 Å². The summed E-state index contributed by atoms with van der Waals surface area (Å²) in [6.45, 7) is 4.32. The zero-order valence-corrected chi connectivity index (χ0v) is 11.5. The topological polar surface area (TPSA) is 73.0 Å². The highest BCUT2D eigenvalue weighted by atomic mass is 16.6. The summed E-state index contributed by atoms with van der Waals surface area (Å²) in [4.78, 5) is 14.9. The van der Waals surface area contributed by atoms with Crippen molar-refractivity contribution in [3.05, 3.63) is 58.2 Å². The van der Waals surface area contributed by atoms with Gasteiger partial charge in [0.2, 0.25) is 0 Å². The van der Waals surface area contributed by atoms with Gasteiger partial charge in [-0.25, -0.2) is 4.98 Å². The Morgan fingerprint density at radius 1 is 1.40 bits per heavy atom. The number of nitrogens with zero attached hydrogens (tertiary/aromatic N) is 3. The van der Waals surface area contributed by atoms with Crippen molar-refractivity contribution < 1.29 is 4.92 Å². The van der Waals surface area contributed by atoms with Gasteiger partial charge >= 0.3 is 0 Å². The first-order chi connectivity index (χ1) is 9.72. The first-order valence-electron chi connectivity index (χ1n) is 6.65. The number of rotatable bonds is 7. The number of para-hydroxylation sites is 1. The van der Waals surface area contributed by atoms with E-state index in [4.69, 9.17) is 0 Å². The van der Waals surface area contributed by atoms with Crippen LogP contribution in [0.2, 0.25) is 0 Å². The van der Waals surface area contributed by atoms with E-state index in [1.807, 2.05) is 23.8 Å². The van der Waals surface area contributed by atoms with Crippen molar-refractivity contribution in [2.45, 2.75) is 26.4 Å². The third-order valence-corrected chi connectivity index (χ3v) is 3.15.